The molecule has 1 aromatic carbocycles. The Hall–Kier alpha value is -1.61. The third kappa shape index (κ3) is 14.2. The molecule has 0 radical (unpaired) electrons. The second kappa shape index (κ2) is 20.4. The average Bonchev–Trinajstić information content (AvgIpc) is 2.90. The molecule has 0 aliphatic carbocycles. The average molecular weight is 571 g/mol. The van der Waals surface area contributed by atoms with E-state index in [2.05, 4.69) is 94.1 Å². The van der Waals surface area contributed by atoms with E-state index in [1.807, 2.05) is 7.05 Å². The van der Waals surface area contributed by atoms with Crippen LogP contribution in [-0.4, -0.2) is 13.1 Å². The maximum absolute atomic E-state index is 3.67. The minimum absolute atomic E-state index is 1.12. The van der Waals surface area contributed by atoms with Crippen LogP contribution in [0.15, 0.2) is 47.2 Å². The molecular weight excluding hydrogens is 516 g/mol. The minimum Gasteiger partial charge on any atom is -0.372 e. The Labute approximate surface area is 237 Å². The quantitative estimate of drug-likeness (QED) is 0.107. The van der Waals surface area contributed by atoms with Crippen molar-refractivity contribution in [1.82, 2.24) is 0 Å². The molecule has 37 heavy (non-hydrogen) atoms. The molecule has 2 rings (SSSR count). The lowest BCUT2D eigenvalue weighted by Gasteiger charge is -2.25. The molecule has 0 spiro atoms. The second-order valence-corrected chi connectivity index (χ2v) is 11.6. The van der Waals surface area contributed by atoms with Crippen molar-refractivity contribution in [3.8, 4) is 0 Å². The van der Waals surface area contributed by atoms with Gasteiger partial charge in [0.1, 0.15) is 7.05 Å². The Morgan fingerprint density at radius 3 is 1.62 bits per heavy atom. The van der Waals surface area contributed by atoms with E-state index in [-0.39, 0.29) is 0 Å². The number of pyridine rings is 1. The van der Waals surface area contributed by atoms with Crippen molar-refractivity contribution in [3.05, 3.63) is 58.3 Å². The first-order chi connectivity index (χ1) is 18.1. The van der Waals surface area contributed by atoms with Gasteiger partial charge in [0.25, 0.3) is 0 Å². The second-order valence-electron chi connectivity index (χ2n) is 10.8. The molecule has 0 saturated heterocycles. The first-order valence-corrected chi connectivity index (χ1v) is 16.1. The fourth-order valence-electron chi connectivity index (χ4n) is 4.93. The van der Waals surface area contributed by atoms with E-state index in [0.29, 0.717) is 0 Å². The van der Waals surface area contributed by atoms with Crippen LogP contribution in [-0.2, 0) is 7.05 Å². The SMILES string of the molecule is CCCCCCCCCCN(CCCCCCCCCC)c1ccc(/C=C/c2cc[n+](C)cc2Br)cc1. The third-order valence-corrected chi connectivity index (χ3v) is 8.02. The van der Waals surface area contributed by atoms with Gasteiger partial charge in [0.15, 0.2) is 12.4 Å². The zero-order valence-electron chi connectivity index (χ0n) is 24.2. The highest BCUT2D eigenvalue weighted by molar-refractivity contribution is 9.10. The van der Waals surface area contributed by atoms with Gasteiger partial charge in [-0.25, -0.2) is 4.57 Å². The normalized spacial score (nSPS) is 11.5. The Bertz CT molecular complexity index is 839. The van der Waals surface area contributed by atoms with Crippen molar-refractivity contribution in [1.29, 1.82) is 0 Å². The summed E-state index contributed by atoms with van der Waals surface area (Å²) < 4.78 is 3.18. The predicted octanol–water partition coefficient (Wildman–Crippen LogP) is 10.5. The van der Waals surface area contributed by atoms with Crippen LogP contribution in [0.4, 0.5) is 5.69 Å². The van der Waals surface area contributed by atoms with E-state index in [9.17, 15) is 0 Å². The van der Waals surface area contributed by atoms with Gasteiger partial charge in [-0.2, -0.15) is 0 Å². The van der Waals surface area contributed by atoms with E-state index < -0.39 is 0 Å². The molecule has 0 bridgehead atoms. The van der Waals surface area contributed by atoms with Gasteiger partial charge in [0.2, 0.25) is 0 Å². The summed E-state index contributed by atoms with van der Waals surface area (Å²) in [5, 5.41) is 0. The van der Waals surface area contributed by atoms with E-state index in [0.717, 1.165) is 4.47 Å². The number of nitrogens with zero attached hydrogens (tertiary/aromatic N) is 2. The highest BCUT2D eigenvalue weighted by atomic mass is 79.9. The van der Waals surface area contributed by atoms with E-state index in [4.69, 9.17) is 0 Å². The van der Waals surface area contributed by atoms with Crippen molar-refractivity contribution < 1.29 is 4.57 Å². The van der Waals surface area contributed by atoms with Gasteiger partial charge >= 0.3 is 0 Å². The van der Waals surface area contributed by atoms with Crippen molar-refractivity contribution in [2.24, 2.45) is 7.05 Å². The first-order valence-electron chi connectivity index (χ1n) is 15.3. The molecule has 206 valence electrons. The molecule has 1 heterocycles. The number of benzene rings is 1. The highest BCUT2D eigenvalue weighted by Crippen LogP contribution is 2.21. The Kier molecular flexibility index (Phi) is 17.4. The topological polar surface area (TPSA) is 7.12 Å². The molecule has 0 N–H and O–H groups in total. The van der Waals surface area contributed by atoms with Gasteiger partial charge in [0, 0.05) is 30.4 Å². The molecule has 0 aliphatic rings. The number of hydrogen-bond donors (Lipinski definition) is 0. The van der Waals surface area contributed by atoms with E-state index in [1.54, 1.807) is 0 Å². The van der Waals surface area contributed by atoms with Gasteiger partial charge in [-0.1, -0.05) is 128 Å². The van der Waals surface area contributed by atoms with Crippen molar-refractivity contribution in [2.45, 2.75) is 117 Å². The number of halogens is 1. The number of hydrogen-bond acceptors (Lipinski definition) is 1. The number of anilines is 1. The number of unbranched alkanes of at least 4 members (excludes halogenated alkanes) is 14. The maximum Gasteiger partial charge on any atom is 0.183 e. The monoisotopic (exact) mass is 569 g/mol. The molecule has 0 amide bonds. The Balaban J connectivity index is 1.86. The van der Waals surface area contributed by atoms with Crippen molar-refractivity contribution in [3.63, 3.8) is 0 Å². The lowest BCUT2D eigenvalue weighted by atomic mass is 10.1. The minimum atomic E-state index is 1.12. The van der Waals surface area contributed by atoms with Crippen LogP contribution in [0.1, 0.15) is 128 Å². The van der Waals surface area contributed by atoms with Crippen molar-refractivity contribution >= 4 is 33.8 Å². The molecule has 2 aromatic rings. The number of aromatic nitrogens is 1. The van der Waals surface area contributed by atoms with Gasteiger partial charge in [-0.05, 0) is 46.5 Å². The largest absolute Gasteiger partial charge is 0.372 e. The van der Waals surface area contributed by atoms with Crippen LogP contribution in [0.25, 0.3) is 12.2 Å². The van der Waals surface area contributed by atoms with Gasteiger partial charge < -0.3 is 4.90 Å². The maximum atomic E-state index is 3.67. The summed E-state index contributed by atoms with van der Waals surface area (Å²) in [6.45, 7) is 6.97. The molecular formula is C34H54BrN2+. The summed E-state index contributed by atoms with van der Waals surface area (Å²) in [7, 11) is 2.05. The lowest BCUT2D eigenvalue weighted by molar-refractivity contribution is -0.672. The first kappa shape index (κ1) is 31.6. The summed E-state index contributed by atoms with van der Waals surface area (Å²) in [5.74, 6) is 0. The molecule has 0 atom stereocenters. The number of aryl methyl sites for hydroxylation is 1. The van der Waals surface area contributed by atoms with E-state index >= 15 is 0 Å². The van der Waals surface area contributed by atoms with Crippen LogP contribution in [0.3, 0.4) is 0 Å². The van der Waals surface area contributed by atoms with Crippen LogP contribution in [0.2, 0.25) is 0 Å². The third-order valence-electron chi connectivity index (χ3n) is 7.36. The fourth-order valence-corrected chi connectivity index (χ4v) is 5.52. The Morgan fingerprint density at radius 2 is 1.14 bits per heavy atom. The Morgan fingerprint density at radius 1 is 0.649 bits per heavy atom. The summed E-state index contributed by atoms with van der Waals surface area (Å²) in [4.78, 5) is 2.65. The van der Waals surface area contributed by atoms with E-state index in [1.165, 1.54) is 133 Å². The smallest absolute Gasteiger partial charge is 0.183 e. The summed E-state index contributed by atoms with van der Waals surface area (Å²) in [5.41, 5.74) is 3.84. The zero-order chi connectivity index (χ0) is 26.6. The van der Waals surface area contributed by atoms with Crippen LogP contribution < -0.4 is 9.47 Å². The summed E-state index contributed by atoms with van der Waals surface area (Å²) in [6, 6.07) is 11.4. The molecule has 0 unspecified atom stereocenters. The molecule has 0 saturated carbocycles. The molecule has 0 aliphatic heterocycles. The predicted molar refractivity (Wildman–Crippen MR) is 168 cm³/mol. The molecule has 1 aromatic heterocycles. The fraction of sp³-hybridized carbons (Fsp3) is 0.618. The van der Waals surface area contributed by atoms with Crippen molar-refractivity contribution in [2.75, 3.05) is 18.0 Å². The van der Waals surface area contributed by atoms with Crippen LogP contribution in [0, 0.1) is 0 Å². The lowest BCUT2D eigenvalue weighted by Crippen LogP contribution is -2.26. The highest BCUT2D eigenvalue weighted by Gasteiger charge is 2.07. The van der Waals surface area contributed by atoms with Gasteiger partial charge in [-0.15, -0.1) is 0 Å². The molecule has 2 nitrogen and oxygen atoms in total. The van der Waals surface area contributed by atoms with Gasteiger partial charge in [0.05, 0.1) is 4.47 Å². The van der Waals surface area contributed by atoms with Crippen LogP contribution >= 0.6 is 15.9 Å². The summed E-state index contributed by atoms with van der Waals surface area (Å²) >= 11 is 3.67. The molecule has 0 fully saturated rings. The molecule has 3 heteroatoms. The standard InChI is InChI=1S/C34H54BrN2/c1-4-6-8-10-12-14-16-18-27-37(28-19-17-15-13-11-9-7-5-2)33-24-21-31(22-25-33)20-23-32-26-29-36(3)30-34(32)35/h20-26,29-30H,4-19,27-28H2,1-3H3/q+1. The zero-order valence-corrected chi connectivity index (χ0v) is 25.8. The number of rotatable bonds is 21. The summed E-state index contributed by atoms with van der Waals surface area (Å²) in [6.07, 6.45) is 30.7. The van der Waals surface area contributed by atoms with Crippen LogP contribution in [0.5, 0.6) is 0 Å². The van der Waals surface area contributed by atoms with Gasteiger partial charge in [-0.3, -0.25) is 0 Å².